The van der Waals surface area contributed by atoms with Gasteiger partial charge in [0.05, 0.1) is 15.3 Å². The topological polar surface area (TPSA) is 115 Å². The van der Waals surface area contributed by atoms with Crippen molar-refractivity contribution in [3.05, 3.63) is 70.7 Å². The van der Waals surface area contributed by atoms with Crippen molar-refractivity contribution in [2.24, 2.45) is 0 Å². The average molecular weight is 459 g/mol. The van der Waals surface area contributed by atoms with E-state index in [1.807, 2.05) is 0 Å². The summed E-state index contributed by atoms with van der Waals surface area (Å²) in [5.41, 5.74) is 0.842. The third kappa shape index (κ3) is 3.99. The minimum absolute atomic E-state index is 0.0599. The van der Waals surface area contributed by atoms with Crippen molar-refractivity contribution in [1.29, 1.82) is 0 Å². The first kappa shape index (κ1) is 20.9. The maximum absolute atomic E-state index is 14.6. The second kappa shape index (κ2) is 7.71. The number of ketones is 1. The van der Waals surface area contributed by atoms with Crippen molar-refractivity contribution in [3.8, 4) is 10.4 Å². The van der Waals surface area contributed by atoms with Gasteiger partial charge in [-0.05, 0) is 41.3 Å². The molecule has 4 aromatic rings. The smallest absolute Gasteiger partial charge is 0.337 e. The highest BCUT2D eigenvalue weighted by molar-refractivity contribution is 7.90. The van der Waals surface area contributed by atoms with E-state index in [2.05, 4.69) is 4.98 Å². The number of fused-ring (bicyclic) bond motifs is 1. The van der Waals surface area contributed by atoms with Crippen LogP contribution in [0, 0.1) is 5.82 Å². The molecule has 0 aliphatic heterocycles. The number of aromatic nitrogens is 1. The molecule has 0 radical (unpaired) electrons. The van der Waals surface area contributed by atoms with E-state index < -0.39 is 27.4 Å². The summed E-state index contributed by atoms with van der Waals surface area (Å²) in [4.78, 5) is 28.5. The quantitative estimate of drug-likeness (QED) is 0.429. The number of rotatable bonds is 6. The third-order valence-electron chi connectivity index (χ3n) is 4.58. The second-order valence-electron chi connectivity index (χ2n) is 6.77. The molecule has 2 heterocycles. The van der Waals surface area contributed by atoms with E-state index in [0.717, 1.165) is 23.7 Å². The number of oxazole rings is 1. The van der Waals surface area contributed by atoms with Gasteiger partial charge in [-0.1, -0.05) is 12.1 Å². The minimum Gasteiger partial charge on any atom is -0.478 e. The summed E-state index contributed by atoms with van der Waals surface area (Å²) in [6.07, 6.45) is 0.652. The number of benzene rings is 2. The van der Waals surface area contributed by atoms with E-state index in [4.69, 9.17) is 4.42 Å². The summed E-state index contributed by atoms with van der Waals surface area (Å²) < 4.78 is 43.3. The van der Waals surface area contributed by atoms with Crippen LogP contribution in [0.2, 0.25) is 0 Å². The van der Waals surface area contributed by atoms with Gasteiger partial charge in [0, 0.05) is 18.2 Å². The molecule has 0 aliphatic carbocycles. The standard InChI is InChI=1S/C21H14FNO6S2/c1-31(27,28)12-6-7-13(14(22)9-12)19-18(21(25)26)11(10-30-19)8-16(24)20-23-15-4-2-3-5-17(15)29-20/h2-7,9-10H,8H2,1H3,(H,25,26). The maximum atomic E-state index is 14.6. The molecule has 2 aromatic carbocycles. The zero-order valence-electron chi connectivity index (χ0n) is 16.0. The Bertz CT molecular complexity index is 1420. The molecule has 0 spiro atoms. The van der Waals surface area contributed by atoms with Gasteiger partial charge in [-0.15, -0.1) is 11.3 Å². The van der Waals surface area contributed by atoms with E-state index >= 15 is 0 Å². The number of sulfone groups is 1. The van der Waals surface area contributed by atoms with Crippen LogP contribution in [0.15, 0.2) is 57.2 Å². The Hall–Kier alpha value is -3.37. The predicted molar refractivity (Wildman–Crippen MR) is 112 cm³/mol. The lowest BCUT2D eigenvalue weighted by molar-refractivity contribution is 0.0697. The first-order chi connectivity index (χ1) is 14.6. The van der Waals surface area contributed by atoms with Gasteiger partial charge in [-0.25, -0.2) is 22.6 Å². The zero-order chi connectivity index (χ0) is 22.3. The molecule has 158 valence electrons. The highest BCUT2D eigenvalue weighted by Gasteiger charge is 2.25. The van der Waals surface area contributed by atoms with Crippen molar-refractivity contribution < 1.29 is 31.9 Å². The lowest BCUT2D eigenvalue weighted by Gasteiger charge is -2.06. The van der Waals surface area contributed by atoms with Gasteiger partial charge in [-0.3, -0.25) is 4.79 Å². The Morgan fingerprint density at radius 2 is 1.94 bits per heavy atom. The highest BCUT2D eigenvalue weighted by atomic mass is 32.2. The lowest BCUT2D eigenvalue weighted by Crippen LogP contribution is -2.08. The molecule has 0 saturated carbocycles. The van der Waals surface area contributed by atoms with Gasteiger partial charge in [0.25, 0.3) is 5.89 Å². The number of carbonyl (C=O) groups is 2. The molecule has 0 fully saturated rings. The molecule has 10 heteroatoms. The van der Waals surface area contributed by atoms with E-state index in [0.29, 0.717) is 11.1 Å². The average Bonchev–Trinajstić information content (AvgIpc) is 3.31. The number of aromatic carboxylic acids is 1. The molecule has 2 aromatic heterocycles. The first-order valence-corrected chi connectivity index (χ1v) is 11.6. The molecule has 0 amide bonds. The zero-order valence-corrected chi connectivity index (χ0v) is 17.6. The Morgan fingerprint density at radius 3 is 2.58 bits per heavy atom. The van der Waals surface area contributed by atoms with Gasteiger partial charge >= 0.3 is 5.97 Å². The van der Waals surface area contributed by atoms with Gasteiger partial charge < -0.3 is 9.52 Å². The minimum atomic E-state index is -3.62. The molecule has 1 N–H and O–H groups in total. The van der Waals surface area contributed by atoms with Crippen LogP contribution in [0.5, 0.6) is 0 Å². The first-order valence-electron chi connectivity index (χ1n) is 8.87. The summed E-state index contributed by atoms with van der Waals surface area (Å²) in [5, 5.41) is 11.2. The normalized spacial score (nSPS) is 11.7. The summed E-state index contributed by atoms with van der Waals surface area (Å²) >= 11 is 0.954. The van der Waals surface area contributed by atoms with Gasteiger partial charge in [0.2, 0.25) is 5.78 Å². The van der Waals surface area contributed by atoms with Crippen LogP contribution in [-0.4, -0.2) is 36.5 Å². The Kier molecular flexibility index (Phi) is 5.19. The van der Waals surface area contributed by atoms with Crippen LogP contribution >= 0.6 is 11.3 Å². The molecule has 4 rings (SSSR count). The van der Waals surface area contributed by atoms with Crippen LogP contribution in [0.4, 0.5) is 4.39 Å². The van der Waals surface area contributed by atoms with Crippen LogP contribution in [0.1, 0.15) is 26.6 Å². The van der Waals surface area contributed by atoms with E-state index in [-0.39, 0.29) is 38.8 Å². The van der Waals surface area contributed by atoms with Crippen molar-refractivity contribution in [2.75, 3.05) is 6.26 Å². The van der Waals surface area contributed by atoms with E-state index in [9.17, 15) is 27.5 Å². The summed E-state index contributed by atoms with van der Waals surface area (Å²) in [6, 6.07) is 10.1. The SMILES string of the molecule is CS(=O)(=O)c1ccc(-c2scc(CC(=O)c3nc4ccccc4o3)c2C(=O)O)c(F)c1. The maximum Gasteiger partial charge on any atom is 0.337 e. The van der Waals surface area contributed by atoms with Crippen LogP contribution in [0.25, 0.3) is 21.5 Å². The Balaban J connectivity index is 1.71. The molecule has 0 unspecified atom stereocenters. The summed E-state index contributed by atoms with van der Waals surface area (Å²) in [5.74, 6) is -2.86. The Morgan fingerprint density at radius 1 is 1.19 bits per heavy atom. The van der Waals surface area contributed by atoms with Crippen molar-refractivity contribution in [3.63, 3.8) is 0 Å². The van der Waals surface area contributed by atoms with Crippen LogP contribution in [0.3, 0.4) is 0 Å². The van der Waals surface area contributed by atoms with Crippen LogP contribution in [-0.2, 0) is 16.3 Å². The van der Waals surface area contributed by atoms with Crippen molar-refractivity contribution in [2.45, 2.75) is 11.3 Å². The summed E-state index contributed by atoms with van der Waals surface area (Å²) in [6.45, 7) is 0. The number of hydrogen-bond acceptors (Lipinski definition) is 7. The molecule has 31 heavy (non-hydrogen) atoms. The monoisotopic (exact) mass is 459 g/mol. The lowest BCUT2D eigenvalue weighted by atomic mass is 10.0. The molecule has 0 saturated heterocycles. The fraction of sp³-hybridized carbons (Fsp3) is 0.0952. The Labute approximate surface area is 179 Å². The third-order valence-corrected chi connectivity index (χ3v) is 6.75. The molecule has 7 nitrogen and oxygen atoms in total. The number of carboxylic acid groups (broad SMARTS) is 1. The number of halogens is 1. The number of para-hydroxylation sites is 2. The predicted octanol–water partition coefficient (Wildman–Crippen LogP) is 4.22. The van der Waals surface area contributed by atoms with E-state index in [1.54, 1.807) is 24.3 Å². The number of carbonyl (C=O) groups excluding carboxylic acids is 1. The van der Waals surface area contributed by atoms with Gasteiger partial charge in [0.1, 0.15) is 11.3 Å². The second-order valence-corrected chi connectivity index (χ2v) is 9.67. The van der Waals surface area contributed by atoms with Gasteiger partial charge in [0.15, 0.2) is 15.4 Å². The van der Waals surface area contributed by atoms with Gasteiger partial charge in [-0.2, -0.15) is 0 Å². The molecule has 0 atom stereocenters. The van der Waals surface area contributed by atoms with Crippen molar-refractivity contribution in [1.82, 2.24) is 4.98 Å². The molecular weight excluding hydrogens is 445 g/mol. The number of thiophene rings is 1. The largest absolute Gasteiger partial charge is 0.478 e. The molecular formula is C21H14FNO6S2. The van der Waals surface area contributed by atoms with Crippen molar-refractivity contribution >= 4 is 44.0 Å². The van der Waals surface area contributed by atoms with Crippen LogP contribution < -0.4 is 0 Å². The fourth-order valence-electron chi connectivity index (χ4n) is 3.11. The molecule has 0 aliphatic rings. The summed E-state index contributed by atoms with van der Waals surface area (Å²) in [7, 11) is -3.62. The molecule has 0 bridgehead atoms. The number of Topliss-reactive ketones (excluding diaryl/α,β-unsaturated/α-hetero) is 1. The highest BCUT2D eigenvalue weighted by Crippen LogP contribution is 2.36. The number of nitrogens with zero attached hydrogens (tertiary/aromatic N) is 1. The number of hydrogen-bond donors (Lipinski definition) is 1. The fourth-order valence-corrected chi connectivity index (χ4v) is 4.83. The number of carboxylic acids is 1. The van der Waals surface area contributed by atoms with E-state index in [1.165, 1.54) is 17.5 Å².